The molecule has 0 aliphatic carbocycles. The van der Waals surface area contributed by atoms with Gasteiger partial charge < -0.3 is 4.74 Å². The Kier molecular flexibility index (Phi) is 3.39. The molecule has 78 valence electrons. The smallest absolute Gasteiger partial charge is 0.116 e. The lowest BCUT2D eigenvalue weighted by molar-refractivity contribution is 0.0967. The maximum Gasteiger partial charge on any atom is 0.116 e. The van der Waals surface area contributed by atoms with Gasteiger partial charge in [0.05, 0.1) is 17.7 Å². The molecule has 3 nitrogen and oxygen atoms in total. The van der Waals surface area contributed by atoms with E-state index in [0.29, 0.717) is 6.61 Å². The molecule has 1 aliphatic rings. The van der Waals surface area contributed by atoms with Gasteiger partial charge in [0, 0.05) is 21.7 Å². The number of hydrogen-bond acceptors (Lipinski definition) is 3. The first-order valence-corrected chi connectivity index (χ1v) is 6.13. The Balaban J connectivity index is 2.33. The van der Waals surface area contributed by atoms with E-state index < -0.39 is 0 Å². The molecule has 0 aromatic carbocycles. The topological polar surface area (TPSA) is 45.9 Å². The van der Waals surface area contributed by atoms with E-state index in [1.807, 2.05) is 6.07 Å². The Morgan fingerprint density at radius 1 is 1.53 bits per heavy atom. The van der Waals surface area contributed by atoms with Crippen molar-refractivity contribution in [2.24, 2.45) is 5.92 Å². The van der Waals surface area contributed by atoms with Crippen molar-refractivity contribution in [2.45, 2.75) is 12.5 Å². The van der Waals surface area contributed by atoms with Crippen LogP contribution in [0.25, 0.3) is 0 Å². The third-order valence-corrected chi connectivity index (χ3v) is 3.43. The number of aromatic nitrogens is 1. The quantitative estimate of drug-likeness (QED) is 0.793. The molecule has 0 amide bonds. The van der Waals surface area contributed by atoms with Gasteiger partial charge in [0.25, 0.3) is 0 Å². The van der Waals surface area contributed by atoms with E-state index in [1.165, 1.54) is 0 Å². The molecular formula is C10H8Br2N2O. The van der Waals surface area contributed by atoms with E-state index >= 15 is 0 Å². The molecule has 1 aromatic heterocycles. The van der Waals surface area contributed by atoms with Crippen molar-refractivity contribution >= 4 is 31.9 Å². The lowest BCUT2D eigenvalue weighted by Gasteiger charge is -2.13. The van der Waals surface area contributed by atoms with Crippen LogP contribution in [-0.2, 0) is 4.74 Å². The van der Waals surface area contributed by atoms with Crippen molar-refractivity contribution in [1.82, 2.24) is 4.98 Å². The van der Waals surface area contributed by atoms with Crippen LogP contribution in [0.3, 0.4) is 0 Å². The Morgan fingerprint density at radius 2 is 2.33 bits per heavy atom. The van der Waals surface area contributed by atoms with Gasteiger partial charge in [0.2, 0.25) is 0 Å². The van der Waals surface area contributed by atoms with Gasteiger partial charge in [-0.25, -0.2) is 0 Å². The Labute approximate surface area is 105 Å². The third-order valence-electron chi connectivity index (χ3n) is 2.36. The van der Waals surface area contributed by atoms with Crippen molar-refractivity contribution in [2.75, 3.05) is 6.61 Å². The molecule has 1 saturated heterocycles. The van der Waals surface area contributed by atoms with Gasteiger partial charge in [-0.15, -0.1) is 0 Å². The summed E-state index contributed by atoms with van der Waals surface area (Å²) < 4.78 is 7.32. The van der Waals surface area contributed by atoms with Crippen LogP contribution < -0.4 is 0 Å². The van der Waals surface area contributed by atoms with Crippen LogP contribution in [0.2, 0.25) is 0 Å². The summed E-state index contributed by atoms with van der Waals surface area (Å²) in [5.41, 5.74) is 0.808. The number of nitrogens with zero attached hydrogens (tertiary/aromatic N) is 2. The molecule has 2 atom stereocenters. The zero-order chi connectivity index (χ0) is 10.8. The fourth-order valence-corrected chi connectivity index (χ4v) is 2.84. The molecule has 15 heavy (non-hydrogen) atoms. The number of rotatable bonds is 1. The number of pyridine rings is 1. The summed E-state index contributed by atoms with van der Waals surface area (Å²) in [5, 5.41) is 8.96. The predicted octanol–water partition coefficient (Wildman–Crippen LogP) is 3.21. The minimum Gasteiger partial charge on any atom is -0.370 e. The van der Waals surface area contributed by atoms with Gasteiger partial charge >= 0.3 is 0 Å². The average Bonchev–Trinajstić information content (AvgIpc) is 2.65. The third kappa shape index (κ3) is 2.22. The zero-order valence-corrected chi connectivity index (χ0v) is 11.0. The first kappa shape index (κ1) is 11.1. The Morgan fingerprint density at radius 3 is 3.00 bits per heavy atom. The summed E-state index contributed by atoms with van der Waals surface area (Å²) in [7, 11) is 0. The Bertz CT molecular complexity index is 416. The fraction of sp³-hybridized carbons (Fsp3) is 0.400. The molecular weight excluding hydrogens is 324 g/mol. The number of nitriles is 1. The standard InChI is InChI=1S/C10H8Br2N2O/c11-7-3-8(12)9(14-5-7)10-6(4-13)1-2-15-10/h3,5-6,10H,1-2H2. The molecule has 2 unspecified atom stereocenters. The minimum atomic E-state index is -0.197. The highest BCUT2D eigenvalue weighted by atomic mass is 79.9. The van der Waals surface area contributed by atoms with Crippen molar-refractivity contribution in [3.8, 4) is 6.07 Å². The second kappa shape index (κ2) is 4.60. The highest BCUT2D eigenvalue weighted by Crippen LogP contribution is 2.36. The average molecular weight is 332 g/mol. The number of ether oxygens (including phenoxy) is 1. The van der Waals surface area contributed by atoms with E-state index in [0.717, 1.165) is 21.1 Å². The molecule has 0 saturated carbocycles. The SMILES string of the molecule is N#CC1CCOC1c1ncc(Br)cc1Br. The monoisotopic (exact) mass is 330 g/mol. The summed E-state index contributed by atoms with van der Waals surface area (Å²) in [6.07, 6.45) is 2.30. The number of hydrogen-bond donors (Lipinski definition) is 0. The molecule has 2 rings (SSSR count). The second-order valence-corrected chi connectivity index (χ2v) is 5.11. The largest absolute Gasteiger partial charge is 0.370 e. The maximum absolute atomic E-state index is 8.96. The van der Waals surface area contributed by atoms with Crippen LogP contribution in [0.15, 0.2) is 21.2 Å². The molecule has 5 heteroatoms. The highest BCUT2D eigenvalue weighted by Gasteiger charge is 2.32. The normalized spacial score (nSPS) is 25.1. The van der Waals surface area contributed by atoms with E-state index in [9.17, 15) is 0 Å². The second-order valence-electron chi connectivity index (χ2n) is 3.34. The van der Waals surface area contributed by atoms with Crippen LogP contribution in [-0.4, -0.2) is 11.6 Å². The van der Waals surface area contributed by atoms with E-state index in [1.54, 1.807) is 6.20 Å². The lowest BCUT2D eigenvalue weighted by Crippen LogP contribution is -2.08. The van der Waals surface area contributed by atoms with Gasteiger partial charge in [-0.3, -0.25) is 4.98 Å². The number of halogens is 2. The van der Waals surface area contributed by atoms with Gasteiger partial charge in [-0.05, 0) is 44.3 Å². The molecule has 0 bridgehead atoms. The first-order valence-electron chi connectivity index (χ1n) is 4.54. The van der Waals surface area contributed by atoms with Gasteiger partial charge in [-0.1, -0.05) is 0 Å². The van der Waals surface area contributed by atoms with Crippen LogP contribution in [0.5, 0.6) is 0 Å². The van der Waals surface area contributed by atoms with E-state index in [4.69, 9.17) is 10.00 Å². The summed E-state index contributed by atoms with van der Waals surface area (Å²) in [4.78, 5) is 4.29. The van der Waals surface area contributed by atoms with Crippen LogP contribution >= 0.6 is 31.9 Å². The molecule has 1 aromatic rings. The zero-order valence-electron chi connectivity index (χ0n) is 7.78. The first-order chi connectivity index (χ1) is 7.22. The van der Waals surface area contributed by atoms with E-state index in [-0.39, 0.29) is 12.0 Å². The summed E-state index contributed by atoms with van der Waals surface area (Å²) >= 11 is 6.77. The van der Waals surface area contributed by atoms with Gasteiger partial charge in [0.15, 0.2) is 0 Å². The highest BCUT2D eigenvalue weighted by molar-refractivity contribution is 9.11. The van der Waals surface area contributed by atoms with Crippen molar-refractivity contribution in [3.63, 3.8) is 0 Å². The van der Waals surface area contributed by atoms with Crippen molar-refractivity contribution < 1.29 is 4.74 Å². The van der Waals surface area contributed by atoms with Crippen LogP contribution in [0, 0.1) is 17.2 Å². The van der Waals surface area contributed by atoms with Crippen molar-refractivity contribution in [1.29, 1.82) is 5.26 Å². The molecule has 1 fully saturated rings. The molecule has 0 radical (unpaired) electrons. The van der Waals surface area contributed by atoms with Crippen molar-refractivity contribution in [3.05, 3.63) is 26.9 Å². The molecule has 2 heterocycles. The summed E-state index contributed by atoms with van der Waals surface area (Å²) in [5.74, 6) is -0.0880. The van der Waals surface area contributed by atoms with E-state index in [2.05, 4.69) is 42.9 Å². The molecule has 0 N–H and O–H groups in total. The lowest BCUT2D eigenvalue weighted by atomic mass is 10.0. The van der Waals surface area contributed by atoms with Crippen LogP contribution in [0.4, 0.5) is 0 Å². The van der Waals surface area contributed by atoms with Gasteiger partial charge in [0.1, 0.15) is 6.10 Å². The Hall–Kier alpha value is -0.440. The van der Waals surface area contributed by atoms with Crippen LogP contribution in [0.1, 0.15) is 18.2 Å². The fourth-order valence-electron chi connectivity index (χ4n) is 1.63. The maximum atomic E-state index is 8.96. The van der Waals surface area contributed by atoms with Gasteiger partial charge in [-0.2, -0.15) is 5.26 Å². The summed E-state index contributed by atoms with van der Waals surface area (Å²) in [6, 6.07) is 4.17. The summed E-state index contributed by atoms with van der Waals surface area (Å²) in [6.45, 7) is 0.632. The molecule has 0 spiro atoms. The predicted molar refractivity (Wildman–Crippen MR) is 62.1 cm³/mol. The molecule has 1 aliphatic heterocycles. The minimum absolute atomic E-state index is 0.0880.